The summed E-state index contributed by atoms with van der Waals surface area (Å²) >= 11 is 0. The van der Waals surface area contributed by atoms with Gasteiger partial charge in [0.25, 0.3) is 0 Å². The number of aromatic nitrogens is 1. The van der Waals surface area contributed by atoms with Crippen LogP contribution in [-0.4, -0.2) is 136 Å². The van der Waals surface area contributed by atoms with Crippen molar-refractivity contribution in [3.8, 4) is 0 Å². The van der Waals surface area contributed by atoms with E-state index in [1.54, 1.807) is 0 Å². The zero-order valence-electron chi connectivity index (χ0n) is 22.9. The normalized spacial score (nSPS) is 21.0. The number of ether oxygens (including phenoxy) is 1. The molecular weight excluding hydrogens is 627 g/mol. The Morgan fingerprint density at radius 1 is 0.750 bits per heavy atom. The van der Waals surface area contributed by atoms with Crippen LogP contribution >= 0.6 is 0 Å². The largest absolute Gasteiger partial charge is 0.490 e. The number of carboxylic acid groups (broad SMARTS) is 3. The number of hydrogen-bond acceptors (Lipinski definition) is 8. The fourth-order valence-corrected chi connectivity index (χ4v) is 4.26. The minimum atomic E-state index is -5.08. The van der Waals surface area contributed by atoms with Gasteiger partial charge in [0.1, 0.15) is 0 Å². The Morgan fingerprint density at radius 3 is 1.64 bits per heavy atom. The van der Waals surface area contributed by atoms with Crippen LogP contribution in [0.5, 0.6) is 0 Å². The van der Waals surface area contributed by atoms with Gasteiger partial charge in [0.2, 0.25) is 0 Å². The number of pyridine rings is 1. The monoisotopic (exact) mass is 658 g/mol. The highest BCUT2D eigenvalue weighted by Gasteiger charge is 2.41. The van der Waals surface area contributed by atoms with Crippen LogP contribution in [0.3, 0.4) is 0 Å². The van der Waals surface area contributed by atoms with Crippen molar-refractivity contribution >= 4 is 17.9 Å². The first-order valence-electron chi connectivity index (χ1n) is 12.8. The Morgan fingerprint density at radius 2 is 1.20 bits per heavy atom. The lowest BCUT2D eigenvalue weighted by Crippen LogP contribution is -2.52. The summed E-state index contributed by atoms with van der Waals surface area (Å²) in [5, 5.41) is 21.4. The topological polar surface area (TPSA) is 144 Å². The fraction of sp³-hybridized carbons (Fsp3) is 0.667. The molecule has 3 aliphatic heterocycles. The molecule has 4 rings (SSSR count). The highest BCUT2D eigenvalue weighted by molar-refractivity contribution is 5.73. The number of carboxylic acids is 3. The van der Waals surface area contributed by atoms with Gasteiger partial charge in [-0.15, -0.1) is 0 Å². The molecule has 0 amide bonds. The molecule has 0 spiro atoms. The number of aliphatic carboxylic acids is 3. The van der Waals surface area contributed by atoms with Crippen LogP contribution in [0.1, 0.15) is 18.4 Å². The summed E-state index contributed by atoms with van der Waals surface area (Å²) in [5.74, 6) is -8.27. The first-order chi connectivity index (χ1) is 20.2. The van der Waals surface area contributed by atoms with E-state index in [1.165, 1.54) is 44.6 Å². The Hall–Kier alpha value is -3.23. The molecule has 2 atom stereocenters. The van der Waals surface area contributed by atoms with Gasteiger partial charge in [0, 0.05) is 57.7 Å². The van der Waals surface area contributed by atoms with Gasteiger partial charge in [-0.1, -0.05) is 0 Å². The van der Waals surface area contributed by atoms with Crippen LogP contribution in [0.2, 0.25) is 0 Å². The second-order valence-electron chi connectivity index (χ2n) is 9.52. The predicted octanol–water partition coefficient (Wildman–Crippen LogP) is 2.96. The molecule has 20 heteroatoms. The van der Waals surface area contributed by atoms with E-state index in [9.17, 15) is 39.5 Å². The second-order valence-corrected chi connectivity index (χ2v) is 9.52. The molecule has 3 aliphatic rings. The maximum atomic E-state index is 10.6. The zero-order chi connectivity index (χ0) is 33.7. The van der Waals surface area contributed by atoms with Crippen LogP contribution in [0.15, 0.2) is 24.5 Å². The highest BCUT2D eigenvalue weighted by atomic mass is 19.4. The average Bonchev–Trinajstić information content (AvgIpc) is 3.57. The Labute approximate surface area is 244 Å². The number of morpholine rings is 1. The summed E-state index contributed by atoms with van der Waals surface area (Å²) in [6, 6.07) is 4.82. The van der Waals surface area contributed by atoms with Crippen LogP contribution < -0.4 is 0 Å². The molecular formula is C24H31F9N4O7. The fourth-order valence-electron chi connectivity index (χ4n) is 4.26. The summed E-state index contributed by atoms with van der Waals surface area (Å²) in [6.07, 6.45) is -8.32. The molecule has 1 aromatic heterocycles. The first-order valence-corrected chi connectivity index (χ1v) is 12.8. The lowest BCUT2D eigenvalue weighted by molar-refractivity contribution is -0.193. The van der Waals surface area contributed by atoms with E-state index in [2.05, 4.69) is 31.8 Å². The SMILES string of the molecule is O=C(O)C(F)(F)F.O=C(O)C(F)(F)F.O=C(O)C(F)(F)F.c1cc(CN2C[C@@H]3OCCN(CCN4CCCC4)[C@@H]3C2)ccn1. The van der Waals surface area contributed by atoms with Crippen molar-refractivity contribution in [3.63, 3.8) is 0 Å². The molecule has 11 nitrogen and oxygen atoms in total. The van der Waals surface area contributed by atoms with Crippen molar-refractivity contribution in [1.82, 2.24) is 19.7 Å². The van der Waals surface area contributed by atoms with Gasteiger partial charge in [-0.25, -0.2) is 14.4 Å². The number of carbonyl (C=O) groups is 3. The highest BCUT2D eigenvalue weighted by Crippen LogP contribution is 2.24. The summed E-state index contributed by atoms with van der Waals surface area (Å²) in [7, 11) is 0. The van der Waals surface area contributed by atoms with Crippen LogP contribution in [0.4, 0.5) is 39.5 Å². The Bertz CT molecular complexity index is 981. The molecule has 0 aliphatic carbocycles. The molecule has 4 heterocycles. The maximum absolute atomic E-state index is 10.6. The third kappa shape index (κ3) is 15.0. The van der Waals surface area contributed by atoms with Crippen molar-refractivity contribution in [2.24, 2.45) is 0 Å². The van der Waals surface area contributed by atoms with Crippen molar-refractivity contribution < 1.29 is 74.0 Å². The number of nitrogens with zero attached hydrogens (tertiary/aromatic N) is 4. The van der Waals surface area contributed by atoms with Gasteiger partial charge in [-0.05, 0) is 43.6 Å². The van der Waals surface area contributed by atoms with E-state index in [-0.39, 0.29) is 0 Å². The Kier molecular flexibility index (Phi) is 15.3. The molecule has 0 bridgehead atoms. The standard InChI is InChI=1S/C18H28N4O.3C2HF3O2/c1-2-8-20(7-1)9-10-22-11-12-23-18-15-21(14-17(18)22)13-16-3-5-19-6-4-16;3*3-2(4,5)1(6)7/h3-6,17-18H,1-2,7-15H2;3*(H,6,7)/t17-,18+;;;/m1.../s1. The lowest BCUT2D eigenvalue weighted by atomic mass is 10.1. The van der Waals surface area contributed by atoms with Gasteiger partial charge >= 0.3 is 36.4 Å². The van der Waals surface area contributed by atoms with Gasteiger partial charge < -0.3 is 25.0 Å². The van der Waals surface area contributed by atoms with E-state index in [4.69, 9.17) is 34.4 Å². The Balaban J connectivity index is 0.000000379. The summed E-state index contributed by atoms with van der Waals surface area (Å²) < 4.78 is 101. The molecule has 0 saturated carbocycles. The van der Waals surface area contributed by atoms with Gasteiger partial charge in [0.15, 0.2) is 0 Å². The third-order valence-electron chi connectivity index (χ3n) is 6.28. The summed E-state index contributed by atoms with van der Waals surface area (Å²) in [5.41, 5.74) is 1.35. The number of fused-ring (bicyclic) bond motifs is 1. The molecule has 3 fully saturated rings. The first kappa shape index (κ1) is 38.8. The lowest BCUT2D eigenvalue weighted by Gasteiger charge is -2.37. The van der Waals surface area contributed by atoms with E-state index in [0.29, 0.717) is 12.1 Å². The minimum absolute atomic E-state index is 0.393. The van der Waals surface area contributed by atoms with E-state index in [1.807, 2.05) is 12.4 Å². The molecule has 44 heavy (non-hydrogen) atoms. The molecule has 3 saturated heterocycles. The number of halogens is 9. The molecule has 3 N–H and O–H groups in total. The summed E-state index contributed by atoms with van der Waals surface area (Å²) in [6.45, 7) is 10.2. The van der Waals surface area contributed by atoms with Crippen molar-refractivity contribution in [1.29, 1.82) is 0 Å². The smallest absolute Gasteiger partial charge is 0.475 e. The summed E-state index contributed by atoms with van der Waals surface area (Å²) in [4.78, 5) is 38.6. The van der Waals surface area contributed by atoms with Gasteiger partial charge in [-0.2, -0.15) is 39.5 Å². The second kappa shape index (κ2) is 17.3. The molecule has 1 aromatic rings. The quantitative estimate of drug-likeness (QED) is 0.402. The average molecular weight is 659 g/mol. The molecule has 252 valence electrons. The number of likely N-dealkylation sites (tertiary alicyclic amines) is 2. The molecule has 0 aromatic carbocycles. The van der Waals surface area contributed by atoms with Crippen LogP contribution in [0, 0.1) is 0 Å². The van der Waals surface area contributed by atoms with E-state index >= 15 is 0 Å². The van der Waals surface area contributed by atoms with E-state index in [0.717, 1.165) is 32.8 Å². The van der Waals surface area contributed by atoms with Crippen molar-refractivity contribution in [3.05, 3.63) is 30.1 Å². The van der Waals surface area contributed by atoms with Gasteiger partial charge in [0.05, 0.1) is 12.7 Å². The molecule has 0 radical (unpaired) electrons. The van der Waals surface area contributed by atoms with Crippen LogP contribution in [-0.2, 0) is 25.7 Å². The predicted molar refractivity (Wildman–Crippen MR) is 131 cm³/mol. The maximum Gasteiger partial charge on any atom is 0.490 e. The van der Waals surface area contributed by atoms with Crippen LogP contribution in [0.25, 0.3) is 0 Å². The van der Waals surface area contributed by atoms with Gasteiger partial charge in [-0.3, -0.25) is 14.8 Å². The minimum Gasteiger partial charge on any atom is -0.475 e. The molecule has 0 unspecified atom stereocenters. The number of hydrogen-bond donors (Lipinski definition) is 3. The number of rotatable bonds is 5. The number of alkyl halides is 9. The zero-order valence-corrected chi connectivity index (χ0v) is 22.9. The third-order valence-corrected chi connectivity index (χ3v) is 6.28. The van der Waals surface area contributed by atoms with E-state index < -0.39 is 36.4 Å². The van der Waals surface area contributed by atoms with Crippen molar-refractivity contribution in [2.45, 2.75) is 50.1 Å². The van der Waals surface area contributed by atoms with Crippen molar-refractivity contribution in [2.75, 3.05) is 52.4 Å².